The highest BCUT2D eigenvalue weighted by atomic mass is 16.5. The number of carbonyl (C=O) groups is 2. The molecule has 3 rings (SSSR count). The molecule has 0 saturated carbocycles. The Balaban J connectivity index is 1.48. The van der Waals surface area contributed by atoms with E-state index in [1.54, 1.807) is 41.3 Å². The summed E-state index contributed by atoms with van der Waals surface area (Å²) in [5, 5.41) is 12.6. The number of nitrogens with zero attached hydrogens (tertiary/aromatic N) is 1. The van der Waals surface area contributed by atoms with Gasteiger partial charge in [0.15, 0.2) is 0 Å². The molecule has 0 aliphatic carbocycles. The van der Waals surface area contributed by atoms with Crippen molar-refractivity contribution in [1.82, 2.24) is 4.90 Å². The lowest BCUT2D eigenvalue weighted by molar-refractivity contribution is -0.121. The molecule has 1 aliphatic heterocycles. The van der Waals surface area contributed by atoms with Crippen LogP contribution in [0.4, 0.5) is 5.69 Å². The molecule has 0 bridgehead atoms. The number of amides is 2. The van der Waals surface area contributed by atoms with Crippen LogP contribution < -0.4 is 10.1 Å². The Morgan fingerprint density at radius 2 is 1.77 bits per heavy atom. The fraction of sp³-hybridized carbons (Fsp3) is 0.417. The lowest BCUT2D eigenvalue weighted by Gasteiger charge is -2.31. The molecule has 0 aromatic heterocycles. The van der Waals surface area contributed by atoms with E-state index in [1.807, 2.05) is 12.1 Å². The highest BCUT2D eigenvalue weighted by Crippen LogP contribution is 2.25. The van der Waals surface area contributed by atoms with Crippen molar-refractivity contribution in [3.63, 3.8) is 0 Å². The zero-order chi connectivity index (χ0) is 21.3. The van der Waals surface area contributed by atoms with Crippen molar-refractivity contribution < 1.29 is 19.4 Å². The number of unbranched alkanes of at least 4 members (excludes halogenated alkanes) is 2. The normalized spacial score (nSPS) is 14.4. The van der Waals surface area contributed by atoms with Crippen molar-refractivity contribution in [3.05, 3.63) is 54.1 Å². The molecule has 1 fully saturated rings. The quantitative estimate of drug-likeness (QED) is 0.498. The molecule has 0 spiro atoms. The molecule has 1 saturated heterocycles. The molecule has 6 nitrogen and oxygen atoms in total. The first kappa shape index (κ1) is 21.7. The van der Waals surface area contributed by atoms with Crippen LogP contribution in [0.25, 0.3) is 0 Å². The minimum atomic E-state index is -0.174. The highest BCUT2D eigenvalue weighted by Gasteiger charge is 2.28. The lowest BCUT2D eigenvalue weighted by atomic mass is 9.95. The summed E-state index contributed by atoms with van der Waals surface area (Å²) in [6.07, 6.45) is 4.54. The molecule has 2 N–H and O–H groups in total. The molecule has 2 aromatic carbocycles. The Morgan fingerprint density at radius 1 is 1.07 bits per heavy atom. The number of ether oxygens (including phenoxy) is 1. The van der Waals surface area contributed by atoms with Crippen molar-refractivity contribution in [2.24, 2.45) is 5.92 Å². The largest absolute Gasteiger partial charge is 0.506 e. The third-order valence-electron chi connectivity index (χ3n) is 5.43. The van der Waals surface area contributed by atoms with Gasteiger partial charge in [-0.2, -0.15) is 0 Å². The van der Waals surface area contributed by atoms with E-state index in [9.17, 15) is 14.7 Å². The number of rotatable bonds is 8. The Morgan fingerprint density at radius 3 is 2.43 bits per heavy atom. The number of para-hydroxylation sites is 2. The van der Waals surface area contributed by atoms with E-state index >= 15 is 0 Å². The van der Waals surface area contributed by atoms with Gasteiger partial charge in [0.25, 0.3) is 5.91 Å². The molecule has 1 aliphatic rings. The SMILES string of the molecule is CCCCCOc1ccc(C(=O)N2CCC(C(=O)Nc3ccccc3O)CC2)cc1. The molecular weight excluding hydrogens is 380 g/mol. The molecule has 6 heteroatoms. The number of phenols is 1. The molecule has 2 aromatic rings. The van der Waals surface area contributed by atoms with Gasteiger partial charge < -0.3 is 20.1 Å². The van der Waals surface area contributed by atoms with Crippen LogP contribution in [-0.2, 0) is 4.79 Å². The van der Waals surface area contributed by atoms with Gasteiger partial charge in [-0.05, 0) is 55.7 Å². The number of likely N-dealkylation sites (tertiary alicyclic amines) is 1. The van der Waals surface area contributed by atoms with Gasteiger partial charge in [-0.3, -0.25) is 9.59 Å². The Kier molecular flexibility index (Phi) is 7.71. The van der Waals surface area contributed by atoms with Crippen LogP contribution in [-0.4, -0.2) is 41.5 Å². The first-order chi connectivity index (χ1) is 14.6. The van der Waals surface area contributed by atoms with E-state index in [1.165, 1.54) is 0 Å². The van der Waals surface area contributed by atoms with Crippen molar-refractivity contribution in [1.29, 1.82) is 0 Å². The predicted molar refractivity (Wildman–Crippen MR) is 117 cm³/mol. The Labute approximate surface area is 177 Å². The molecule has 2 amide bonds. The fourth-order valence-corrected chi connectivity index (χ4v) is 3.58. The second-order valence-corrected chi connectivity index (χ2v) is 7.65. The number of hydrogen-bond donors (Lipinski definition) is 2. The van der Waals surface area contributed by atoms with Crippen LogP contribution in [0.5, 0.6) is 11.5 Å². The topological polar surface area (TPSA) is 78.9 Å². The molecule has 30 heavy (non-hydrogen) atoms. The van der Waals surface area contributed by atoms with Crippen molar-refractivity contribution >= 4 is 17.5 Å². The van der Waals surface area contributed by atoms with E-state index in [4.69, 9.17) is 4.74 Å². The minimum absolute atomic E-state index is 0.0212. The first-order valence-corrected chi connectivity index (χ1v) is 10.7. The van der Waals surface area contributed by atoms with E-state index in [-0.39, 0.29) is 23.5 Å². The van der Waals surface area contributed by atoms with Crippen LogP contribution in [0.3, 0.4) is 0 Å². The number of benzene rings is 2. The van der Waals surface area contributed by atoms with Crippen LogP contribution in [0.2, 0.25) is 0 Å². The van der Waals surface area contributed by atoms with Gasteiger partial charge in [-0.25, -0.2) is 0 Å². The second kappa shape index (κ2) is 10.7. The van der Waals surface area contributed by atoms with Gasteiger partial charge >= 0.3 is 0 Å². The first-order valence-electron chi connectivity index (χ1n) is 10.7. The Bertz CT molecular complexity index is 843. The Hall–Kier alpha value is -3.02. The maximum Gasteiger partial charge on any atom is 0.253 e. The smallest absolute Gasteiger partial charge is 0.253 e. The third kappa shape index (κ3) is 5.75. The maximum atomic E-state index is 12.8. The van der Waals surface area contributed by atoms with Gasteiger partial charge in [-0.1, -0.05) is 31.9 Å². The average Bonchev–Trinajstić information content (AvgIpc) is 2.78. The van der Waals surface area contributed by atoms with Crippen LogP contribution in [0, 0.1) is 5.92 Å². The summed E-state index contributed by atoms with van der Waals surface area (Å²) >= 11 is 0. The monoisotopic (exact) mass is 410 g/mol. The fourth-order valence-electron chi connectivity index (χ4n) is 3.58. The number of aromatic hydroxyl groups is 1. The van der Waals surface area contributed by atoms with E-state index in [0.29, 0.717) is 43.8 Å². The van der Waals surface area contributed by atoms with Crippen LogP contribution in [0.15, 0.2) is 48.5 Å². The van der Waals surface area contributed by atoms with Crippen molar-refractivity contribution in [3.8, 4) is 11.5 Å². The summed E-state index contributed by atoms with van der Waals surface area (Å²) in [4.78, 5) is 27.1. The standard InChI is InChI=1S/C24H30N2O4/c1-2-3-6-17-30-20-11-9-19(10-12-20)24(29)26-15-13-18(14-16-26)23(28)25-21-7-4-5-8-22(21)27/h4-5,7-12,18,27H,2-3,6,13-17H2,1H3,(H,25,28). The molecule has 0 radical (unpaired) electrons. The number of phenolic OH excluding ortho intramolecular Hbond substituents is 1. The number of hydrogen-bond acceptors (Lipinski definition) is 4. The van der Waals surface area contributed by atoms with Gasteiger partial charge in [0.2, 0.25) is 5.91 Å². The summed E-state index contributed by atoms with van der Waals surface area (Å²) in [6.45, 7) is 3.92. The minimum Gasteiger partial charge on any atom is -0.506 e. The van der Waals surface area contributed by atoms with Gasteiger partial charge in [0.1, 0.15) is 11.5 Å². The maximum absolute atomic E-state index is 12.8. The van der Waals surface area contributed by atoms with Crippen LogP contribution >= 0.6 is 0 Å². The summed E-state index contributed by atoms with van der Waals surface area (Å²) < 4.78 is 5.70. The summed E-state index contributed by atoms with van der Waals surface area (Å²) in [5.74, 6) is 0.520. The summed E-state index contributed by atoms with van der Waals surface area (Å²) in [6, 6.07) is 14.0. The summed E-state index contributed by atoms with van der Waals surface area (Å²) in [7, 11) is 0. The van der Waals surface area contributed by atoms with Gasteiger partial charge in [-0.15, -0.1) is 0 Å². The molecule has 160 valence electrons. The van der Waals surface area contributed by atoms with E-state index in [2.05, 4.69) is 12.2 Å². The van der Waals surface area contributed by atoms with Gasteiger partial charge in [0, 0.05) is 24.6 Å². The average molecular weight is 411 g/mol. The van der Waals surface area contributed by atoms with Crippen molar-refractivity contribution in [2.75, 3.05) is 25.0 Å². The second-order valence-electron chi connectivity index (χ2n) is 7.65. The van der Waals surface area contributed by atoms with E-state index < -0.39 is 0 Å². The number of piperidine rings is 1. The number of nitrogens with one attached hydrogen (secondary N) is 1. The van der Waals surface area contributed by atoms with Crippen LogP contribution in [0.1, 0.15) is 49.4 Å². The molecule has 0 unspecified atom stereocenters. The molecule has 1 heterocycles. The molecular formula is C24H30N2O4. The van der Waals surface area contributed by atoms with Crippen molar-refractivity contribution in [2.45, 2.75) is 39.0 Å². The predicted octanol–water partition coefficient (Wildman–Crippen LogP) is 4.45. The number of anilines is 1. The van der Waals surface area contributed by atoms with Gasteiger partial charge in [0.05, 0.1) is 12.3 Å². The summed E-state index contributed by atoms with van der Waals surface area (Å²) in [5.41, 5.74) is 1.05. The number of carbonyl (C=O) groups excluding carboxylic acids is 2. The zero-order valence-corrected chi connectivity index (χ0v) is 17.5. The third-order valence-corrected chi connectivity index (χ3v) is 5.43. The highest BCUT2D eigenvalue weighted by molar-refractivity contribution is 5.96. The zero-order valence-electron chi connectivity index (χ0n) is 17.5. The lowest BCUT2D eigenvalue weighted by Crippen LogP contribution is -2.41. The van der Waals surface area contributed by atoms with E-state index in [0.717, 1.165) is 25.0 Å². The molecule has 0 atom stereocenters.